The second kappa shape index (κ2) is 3.90. The van der Waals surface area contributed by atoms with E-state index in [0.717, 1.165) is 6.42 Å². The van der Waals surface area contributed by atoms with Crippen LogP contribution in [0.15, 0.2) is 18.2 Å². The first-order chi connectivity index (χ1) is 4.72. The molecule has 2 heteroatoms. The lowest BCUT2D eigenvalue weighted by Crippen LogP contribution is -1.83. The Bertz CT molecular complexity index is 210. The van der Waals surface area contributed by atoms with Crippen LogP contribution >= 0.6 is 45.2 Å². The predicted octanol–water partition coefficient (Wildman–Crippen LogP) is 3.46. The van der Waals surface area contributed by atoms with E-state index >= 15 is 0 Å². The van der Waals surface area contributed by atoms with Gasteiger partial charge < -0.3 is 0 Å². The van der Waals surface area contributed by atoms with Crippen LogP contribution in [0.5, 0.6) is 0 Å². The van der Waals surface area contributed by atoms with E-state index in [4.69, 9.17) is 0 Å². The molecule has 0 atom stereocenters. The van der Waals surface area contributed by atoms with Crippen LogP contribution in [0.3, 0.4) is 0 Å². The number of aryl methyl sites for hydroxylation is 1. The highest BCUT2D eigenvalue weighted by molar-refractivity contribution is 14.1. The summed E-state index contributed by atoms with van der Waals surface area (Å²) in [5, 5.41) is 0. The zero-order chi connectivity index (χ0) is 7.56. The van der Waals surface area contributed by atoms with Gasteiger partial charge in [-0.3, -0.25) is 0 Å². The van der Waals surface area contributed by atoms with E-state index in [1.807, 2.05) is 0 Å². The average Bonchev–Trinajstić information content (AvgIpc) is 1.85. The van der Waals surface area contributed by atoms with E-state index in [0.29, 0.717) is 0 Å². The molecule has 0 fully saturated rings. The molecule has 10 heavy (non-hydrogen) atoms. The second-order valence-electron chi connectivity index (χ2n) is 2.13. The van der Waals surface area contributed by atoms with Gasteiger partial charge in [0.2, 0.25) is 0 Å². The van der Waals surface area contributed by atoms with Gasteiger partial charge in [-0.15, -0.1) is 0 Å². The van der Waals surface area contributed by atoms with Crippen LogP contribution < -0.4 is 0 Å². The van der Waals surface area contributed by atoms with Crippen LogP contribution in [0.1, 0.15) is 12.5 Å². The van der Waals surface area contributed by atoms with E-state index < -0.39 is 0 Å². The molecule has 0 saturated heterocycles. The molecule has 0 bridgehead atoms. The SMILES string of the molecule is CCc1cc(I)cc(I)c1. The molecule has 1 aromatic rings. The standard InChI is InChI=1S/C8H8I2/c1-2-6-3-7(9)5-8(10)4-6/h3-5H,2H2,1H3. The quantitative estimate of drug-likeness (QED) is 0.675. The number of hydrogen-bond acceptors (Lipinski definition) is 0. The lowest BCUT2D eigenvalue weighted by Gasteiger charge is -1.98. The van der Waals surface area contributed by atoms with Gasteiger partial charge in [-0.1, -0.05) is 6.92 Å². The fourth-order valence-corrected chi connectivity index (χ4v) is 2.88. The van der Waals surface area contributed by atoms with Crippen molar-refractivity contribution in [1.82, 2.24) is 0 Å². The van der Waals surface area contributed by atoms with Crippen molar-refractivity contribution < 1.29 is 0 Å². The van der Waals surface area contributed by atoms with Crippen molar-refractivity contribution in [3.05, 3.63) is 30.9 Å². The van der Waals surface area contributed by atoms with Gasteiger partial charge in [-0.25, -0.2) is 0 Å². The summed E-state index contributed by atoms with van der Waals surface area (Å²) in [6, 6.07) is 6.63. The largest absolute Gasteiger partial charge is 0.0613 e. The first kappa shape index (κ1) is 8.77. The highest BCUT2D eigenvalue weighted by Gasteiger charge is 1.93. The van der Waals surface area contributed by atoms with Gasteiger partial charge in [-0.2, -0.15) is 0 Å². The Morgan fingerprint density at radius 3 is 2.00 bits per heavy atom. The van der Waals surface area contributed by atoms with Crippen LogP contribution in [-0.4, -0.2) is 0 Å². The maximum Gasteiger partial charge on any atom is 0.0143 e. The monoisotopic (exact) mass is 358 g/mol. The molecule has 0 spiro atoms. The van der Waals surface area contributed by atoms with Crippen molar-refractivity contribution in [2.45, 2.75) is 13.3 Å². The zero-order valence-electron chi connectivity index (χ0n) is 5.70. The zero-order valence-corrected chi connectivity index (χ0v) is 10.0. The van der Waals surface area contributed by atoms with E-state index in [9.17, 15) is 0 Å². The maximum atomic E-state index is 2.35. The fourth-order valence-electron chi connectivity index (χ4n) is 0.815. The van der Waals surface area contributed by atoms with Crippen molar-refractivity contribution in [2.24, 2.45) is 0 Å². The van der Waals surface area contributed by atoms with Crippen molar-refractivity contribution >= 4 is 45.2 Å². The van der Waals surface area contributed by atoms with E-state index in [1.165, 1.54) is 12.7 Å². The van der Waals surface area contributed by atoms with Crippen LogP contribution in [0.25, 0.3) is 0 Å². The summed E-state index contributed by atoms with van der Waals surface area (Å²) >= 11 is 4.70. The number of halogens is 2. The molecule has 0 N–H and O–H groups in total. The first-order valence-electron chi connectivity index (χ1n) is 3.17. The summed E-state index contributed by atoms with van der Waals surface area (Å²) in [7, 11) is 0. The minimum atomic E-state index is 1.13. The molecule has 0 radical (unpaired) electrons. The molecule has 0 saturated carbocycles. The van der Waals surface area contributed by atoms with Gasteiger partial charge >= 0.3 is 0 Å². The van der Waals surface area contributed by atoms with E-state index in [1.54, 1.807) is 0 Å². The normalized spacial score (nSPS) is 9.90. The van der Waals surface area contributed by atoms with Gasteiger partial charge in [0.1, 0.15) is 0 Å². The Labute approximate surface area is 88.7 Å². The first-order valence-corrected chi connectivity index (χ1v) is 5.33. The maximum absolute atomic E-state index is 2.35. The lowest BCUT2D eigenvalue weighted by atomic mass is 10.2. The summed E-state index contributed by atoms with van der Waals surface area (Å²) < 4.78 is 2.67. The number of hydrogen-bond donors (Lipinski definition) is 0. The Hall–Kier alpha value is 0.680. The van der Waals surface area contributed by atoms with Crippen LogP contribution in [0.4, 0.5) is 0 Å². The predicted molar refractivity (Wildman–Crippen MR) is 61.3 cm³/mol. The Balaban J connectivity index is 3.06. The minimum absolute atomic E-state index is 1.13. The third kappa shape index (κ3) is 2.38. The molecule has 0 nitrogen and oxygen atoms in total. The molecule has 0 aliphatic rings. The molecule has 0 aliphatic carbocycles. The molecule has 0 amide bonds. The van der Waals surface area contributed by atoms with Crippen LogP contribution in [-0.2, 0) is 6.42 Å². The molecule has 54 valence electrons. The van der Waals surface area contributed by atoms with Crippen molar-refractivity contribution in [3.63, 3.8) is 0 Å². The molecule has 0 unspecified atom stereocenters. The lowest BCUT2D eigenvalue weighted by molar-refractivity contribution is 1.13. The number of rotatable bonds is 1. The van der Waals surface area contributed by atoms with E-state index in [-0.39, 0.29) is 0 Å². The fraction of sp³-hybridized carbons (Fsp3) is 0.250. The molecule has 0 aliphatic heterocycles. The number of benzene rings is 1. The summed E-state index contributed by atoms with van der Waals surface area (Å²) in [6.07, 6.45) is 1.13. The molecule has 1 aromatic carbocycles. The van der Waals surface area contributed by atoms with Crippen LogP contribution in [0.2, 0.25) is 0 Å². The van der Waals surface area contributed by atoms with Crippen molar-refractivity contribution in [3.8, 4) is 0 Å². The Morgan fingerprint density at radius 1 is 1.10 bits per heavy atom. The topological polar surface area (TPSA) is 0 Å². The third-order valence-corrected chi connectivity index (χ3v) is 2.58. The average molecular weight is 358 g/mol. The summed E-state index contributed by atoms with van der Waals surface area (Å²) in [4.78, 5) is 0. The van der Waals surface area contributed by atoms with Gasteiger partial charge in [0.05, 0.1) is 0 Å². The smallest absolute Gasteiger partial charge is 0.0143 e. The van der Waals surface area contributed by atoms with Crippen LogP contribution in [0, 0.1) is 7.14 Å². The molecule has 0 aromatic heterocycles. The third-order valence-electron chi connectivity index (χ3n) is 1.33. The minimum Gasteiger partial charge on any atom is -0.0613 e. The molecule has 1 rings (SSSR count). The second-order valence-corrected chi connectivity index (χ2v) is 4.62. The van der Waals surface area contributed by atoms with Gasteiger partial charge in [0.25, 0.3) is 0 Å². The molecular formula is C8H8I2. The molecular weight excluding hydrogens is 350 g/mol. The highest BCUT2D eigenvalue weighted by atomic mass is 127. The van der Waals surface area contributed by atoms with Gasteiger partial charge in [-0.05, 0) is 75.4 Å². The highest BCUT2D eigenvalue weighted by Crippen LogP contribution is 2.14. The Kier molecular flexibility index (Phi) is 3.42. The molecule has 0 heterocycles. The van der Waals surface area contributed by atoms with Crippen molar-refractivity contribution in [1.29, 1.82) is 0 Å². The Morgan fingerprint density at radius 2 is 1.60 bits per heavy atom. The summed E-state index contributed by atoms with van der Waals surface area (Å²) in [6.45, 7) is 2.18. The van der Waals surface area contributed by atoms with Gasteiger partial charge in [0, 0.05) is 7.14 Å². The summed E-state index contributed by atoms with van der Waals surface area (Å²) in [5.74, 6) is 0. The van der Waals surface area contributed by atoms with Crippen molar-refractivity contribution in [2.75, 3.05) is 0 Å². The van der Waals surface area contributed by atoms with E-state index in [2.05, 4.69) is 70.3 Å². The summed E-state index contributed by atoms with van der Waals surface area (Å²) in [5.41, 5.74) is 1.43. The van der Waals surface area contributed by atoms with Gasteiger partial charge in [0.15, 0.2) is 0 Å².